The van der Waals surface area contributed by atoms with Crippen molar-refractivity contribution in [2.45, 2.75) is 12.8 Å². The number of nitrogens with zero attached hydrogens (tertiary/aromatic N) is 3. The Balaban J connectivity index is 1.60. The Hall–Kier alpha value is -5.16. The topological polar surface area (TPSA) is 103 Å². The summed E-state index contributed by atoms with van der Waals surface area (Å²) < 4.78 is 52.9. The summed E-state index contributed by atoms with van der Waals surface area (Å²) >= 11 is 6.30. The van der Waals surface area contributed by atoms with E-state index < -0.39 is 23.3 Å². The lowest BCUT2D eigenvalue weighted by molar-refractivity contribution is -0.137. The molecule has 0 radical (unpaired) electrons. The standard InChI is InChI=1S/C31H21ClF3N3O5/c1-42-26-15-23(32)14-21(27(26)43-17-18-9-11-19(12-10-18)30(40)41)16-36-38-28(20-5-4-6-22(13-20)31(33,34)35)37-25-8-3-2-7-24(25)29(38)39/h2-16H,17H2,1H3,(H,40,41). The molecule has 0 spiro atoms. The second kappa shape index (κ2) is 12.0. The lowest BCUT2D eigenvalue weighted by Gasteiger charge is -2.15. The zero-order valence-electron chi connectivity index (χ0n) is 22.3. The maximum atomic E-state index is 13.5. The molecule has 0 amide bonds. The highest BCUT2D eigenvalue weighted by molar-refractivity contribution is 6.31. The third-order valence-electron chi connectivity index (χ3n) is 6.37. The molecule has 4 aromatic carbocycles. The number of carboxylic acids is 1. The number of halogens is 4. The SMILES string of the molecule is COc1cc(Cl)cc(C=Nn2c(-c3cccc(C(F)(F)F)c3)nc3ccccc3c2=O)c1OCc1ccc(C(=O)O)cc1. The number of aromatic carboxylic acids is 1. The molecule has 0 unspecified atom stereocenters. The average molecular weight is 608 g/mol. The monoisotopic (exact) mass is 607 g/mol. The van der Waals surface area contributed by atoms with Crippen molar-refractivity contribution >= 4 is 34.7 Å². The Kier molecular flexibility index (Phi) is 8.18. The number of carboxylic acid groups (broad SMARTS) is 1. The quantitative estimate of drug-likeness (QED) is 0.192. The lowest BCUT2D eigenvalue weighted by Crippen LogP contribution is -2.20. The van der Waals surface area contributed by atoms with Crippen LogP contribution in [-0.4, -0.2) is 34.1 Å². The van der Waals surface area contributed by atoms with Crippen molar-refractivity contribution in [2.24, 2.45) is 5.10 Å². The summed E-state index contributed by atoms with van der Waals surface area (Å²) in [6.45, 7) is 0.0195. The Morgan fingerprint density at radius 1 is 1.05 bits per heavy atom. The largest absolute Gasteiger partial charge is 0.493 e. The number of hydrogen-bond acceptors (Lipinski definition) is 6. The Labute approximate surface area is 247 Å². The predicted molar refractivity (Wildman–Crippen MR) is 155 cm³/mol. The van der Waals surface area contributed by atoms with Gasteiger partial charge in [0.2, 0.25) is 0 Å². The highest BCUT2D eigenvalue weighted by Gasteiger charge is 2.31. The first-order valence-corrected chi connectivity index (χ1v) is 13.0. The average Bonchev–Trinajstić information content (AvgIpc) is 2.99. The molecule has 0 aliphatic heterocycles. The van der Waals surface area contributed by atoms with Gasteiger partial charge >= 0.3 is 12.1 Å². The van der Waals surface area contributed by atoms with Gasteiger partial charge in [-0.15, -0.1) is 0 Å². The van der Waals surface area contributed by atoms with Crippen LogP contribution in [0.3, 0.4) is 0 Å². The fourth-order valence-electron chi connectivity index (χ4n) is 4.26. The van der Waals surface area contributed by atoms with Gasteiger partial charge in [-0.2, -0.15) is 22.9 Å². The summed E-state index contributed by atoms with van der Waals surface area (Å²) in [5.74, 6) is -0.715. The van der Waals surface area contributed by atoms with Gasteiger partial charge in [0.15, 0.2) is 17.3 Å². The third kappa shape index (κ3) is 6.36. The van der Waals surface area contributed by atoms with Gasteiger partial charge in [0, 0.05) is 22.2 Å². The summed E-state index contributed by atoms with van der Waals surface area (Å²) in [6, 6.07) is 20.0. The van der Waals surface area contributed by atoms with Crippen molar-refractivity contribution in [2.75, 3.05) is 7.11 Å². The van der Waals surface area contributed by atoms with Gasteiger partial charge in [-0.05, 0) is 48.0 Å². The van der Waals surface area contributed by atoms with E-state index in [9.17, 15) is 22.8 Å². The first-order valence-electron chi connectivity index (χ1n) is 12.6. The minimum Gasteiger partial charge on any atom is -0.493 e. The number of fused-ring (bicyclic) bond motifs is 1. The highest BCUT2D eigenvalue weighted by atomic mass is 35.5. The van der Waals surface area contributed by atoms with E-state index in [0.29, 0.717) is 11.1 Å². The van der Waals surface area contributed by atoms with Crippen molar-refractivity contribution in [1.82, 2.24) is 9.66 Å². The maximum Gasteiger partial charge on any atom is 0.416 e. The van der Waals surface area contributed by atoms with Crippen molar-refractivity contribution in [3.63, 3.8) is 0 Å². The molecule has 0 saturated heterocycles. The number of methoxy groups -OCH3 is 1. The molecule has 43 heavy (non-hydrogen) atoms. The van der Waals surface area contributed by atoms with E-state index in [1.807, 2.05) is 0 Å². The molecule has 12 heteroatoms. The molecule has 0 saturated carbocycles. The molecular weight excluding hydrogens is 587 g/mol. The van der Waals surface area contributed by atoms with E-state index in [1.165, 1.54) is 49.7 Å². The highest BCUT2D eigenvalue weighted by Crippen LogP contribution is 2.35. The van der Waals surface area contributed by atoms with E-state index in [2.05, 4.69) is 10.1 Å². The minimum absolute atomic E-state index is 0.0195. The van der Waals surface area contributed by atoms with Crippen LogP contribution >= 0.6 is 11.6 Å². The molecule has 0 atom stereocenters. The molecule has 5 rings (SSSR count). The van der Waals surface area contributed by atoms with E-state index in [1.54, 1.807) is 36.4 Å². The van der Waals surface area contributed by atoms with E-state index in [0.717, 1.165) is 16.8 Å². The molecule has 1 aromatic heterocycles. The minimum atomic E-state index is -4.61. The second-order valence-corrected chi connectivity index (χ2v) is 9.65. The molecule has 1 N–H and O–H groups in total. The van der Waals surface area contributed by atoms with Gasteiger partial charge in [-0.3, -0.25) is 4.79 Å². The zero-order chi connectivity index (χ0) is 30.7. The Bertz CT molecular complexity index is 1920. The smallest absolute Gasteiger partial charge is 0.416 e. The number of ether oxygens (including phenoxy) is 2. The van der Waals surface area contributed by atoms with Crippen LogP contribution in [0.25, 0.3) is 22.3 Å². The number of rotatable bonds is 8. The van der Waals surface area contributed by atoms with Crippen LogP contribution in [-0.2, 0) is 12.8 Å². The number of hydrogen-bond donors (Lipinski definition) is 1. The van der Waals surface area contributed by atoms with Gasteiger partial charge in [-0.25, -0.2) is 9.78 Å². The third-order valence-corrected chi connectivity index (χ3v) is 6.58. The van der Waals surface area contributed by atoms with Crippen molar-refractivity contribution in [1.29, 1.82) is 0 Å². The van der Waals surface area contributed by atoms with Crippen molar-refractivity contribution in [3.05, 3.63) is 123 Å². The molecular formula is C31H21ClF3N3O5. The summed E-state index contributed by atoms with van der Waals surface area (Å²) in [7, 11) is 1.41. The molecule has 0 aliphatic rings. The number of aromatic nitrogens is 2. The lowest BCUT2D eigenvalue weighted by atomic mass is 10.1. The number of carbonyl (C=O) groups is 1. The summed E-state index contributed by atoms with van der Waals surface area (Å²) in [4.78, 5) is 29.2. The van der Waals surface area contributed by atoms with Crippen LogP contribution in [0.5, 0.6) is 11.5 Å². The van der Waals surface area contributed by atoms with Crippen LogP contribution in [0, 0.1) is 0 Å². The van der Waals surface area contributed by atoms with Gasteiger partial charge < -0.3 is 14.6 Å². The van der Waals surface area contributed by atoms with Gasteiger partial charge in [-0.1, -0.05) is 48.0 Å². The number of para-hydroxylation sites is 1. The molecule has 218 valence electrons. The van der Waals surface area contributed by atoms with Crippen LogP contribution < -0.4 is 15.0 Å². The predicted octanol–water partition coefficient (Wildman–Crippen LogP) is 6.90. The van der Waals surface area contributed by atoms with E-state index in [-0.39, 0.29) is 51.0 Å². The molecule has 1 heterocycles. The summed E-state index contributed by atoms with van der Waals surface area (Å²) in [5, 5.41) is 13.9. The number of benzene rings is 4. The second-order valence-electron chi connectivity index (χ2n) is 9.21. The summed E-state index contributed by atoms with van der Waals surface area (Å²) in [5.41, 5.74) is -0.132. The molecule has 0 bridgehead atoms. The van der Waals surface area contributed by atoms with Crippen LogP contribution in [0.15, 0.2) is 94.8 Å². The summed E-state index contributed by atoms with van der Waals surface area (Å²) in [6.07, 6.45) is -3.34. The molecule has 0 fully saturated rings. The first-order chi connectivity index (χ1) is 20.5. The van der Waals surface area contributed by atoms with Crippen LogP contribution in [0.1, 0.15) is 27.0 Å². The van der Waals surface area contributed by atoms with Crippen molar-refractivity contribution < 1.29 is 32.5 Å². The number of alkyl halides is 3. The van der Waals surface area contributed by atoms with Gasteiger partial charge in [0.1, 0.15) is 6.61 Å². The van der Waals surface area contributed by atoms with E-state index >= 15 is 0 Å². The van der Waals surface area contributed by atoms with Crippen molar-refractivity contribution in [3.8, 4) is 22.9 Å². The van der Waals surface area contributed by atoms with E-state index in [4.69, 9.17) is 26.2 Å². The normalized spacial score (nSPS) is 11.7. The first kappa shape index (κ1) is 29.3. The van der Waals surface area contributed by atoms with Gasteiger partial charge in [0.25, 0.3) is 5.56 Å². The Morgan fingerprint density at radius 3 is 2.49 bits per heavy atom. The maximum absolute atomic E-state index is 13.5. The molecule has 0 aliphatic carbocycles. The van der Waals surface area contributed by atoms with Crippen LogP contribution in [0.2, 0.25) is 5.02 Å². The Morgan fingerprint density at radius 2 is 1.79 bits per heavy atom. The molecule has 8 nitrogen and oxygen atoms in total. The fourth-order valence-corrected chi connectivity index (χ4v) is 4.48. The van der Waals surface area contributed by atoms with Crippen LogP contribution in [0.4, 0.5) is 13.2 Å². The zero-order valence-corrected chi connectivity index (χ0v) is 23.1. The molecule has 5 aromatic rings. The van der Waals surface area contributed by atoms with Gasteiger partial charge in [0.05, 0.1) is 35.4 Å². The fraction of sp³-hybridized carbons (Fsp3) is 0.0968.